The average Bonchev–Trinajstić information content (AvgIpc) is 2.90. The summed E-state index contributed by atoms with van der Waals surface area (Å²) >= 11 is 0. The molecule has 1 saturated heterocycles. The van der Waals surface area contributed by atoms with Gasteiger partial charge in [-0.1, -0.05) is 6.07 Å². The Morgan fingerprint density at radius 3 is 2.93 bits per heavy atom. The maximum Gasteiger partial charge on any atom is 0.272 e. The van der Waals surface area contributed by atoms with Crippen LogP contribution in [0.1, 0.15) is 46.5 Å². The number of carbonyl (C=O) groups excluding carboxylic acids is 1. The topological polar surface area (TPSA) is 63.5 Å². The number of carbonyl (C=O) groups is 1. The minimum Gasteiger partial charge on any atom is -0.376 e. The lowest BCUT2D eigenvalue weighted by Gasteiger charge is -2.22. The third kappa shape index (κ3) is 3.95. The quantitative estimate of drug-likeness (QED) is 0.808. The largest absolute Gasteiger partial charge is 0.376 e. The molecule has 0 aromatic carbocycles. The van der Waals surface area contributed by atoms with Crippen LogP contribution in [-0.4, -0.2) is 63.3 Å². The number of fused-ring (bicyclic) bond motifs is 1. The molecule has 0 atom stereocenters. The van der Waals surface area contributed by atoms with Gasteiger partial charge in [-0.2, -0.15) is 5.10 Å². The molecule has 2 aromatic heterocycles. The Bertz CT molecular complexity index is 847. The van der Waals surface area contributed by atoms with Crippen molar-refractivity contribution in [3.63, 3.8) is 0 Å². The summed E-state index contributed by atoms with van der Waals surface area (Å²) in [6.45, 7) is 10.6. The number of hydrogen-bond acceptors (Lipinski definition) is 5. The number of ether oxygens (including phenoxy) is 1. The molecule has 0 N–H and O–H groups in total. The molecule has 0 saturated carbocycles. The fourth-order valence-corrected chi connectivity index (χ4v) is 4.14. The van der Waals surface area contributed by atoms with E-state index in [0.717, 1.165) is 70.1 Å². The lowest BCUT2D eigenvalue weighted by Crippen LogP contribution is -2.35. The van der Waals surface area contributed by atoms with Gasteiger partial charge in [0.15, 0.2) is 0 Å². The zero-order valence-electron chi connectivity index (χ0n) is 16.9. The summed E-state index contributed by atoms with van der Waals surface area (Å²) in [7, 11) is 0. The highest BCUT2D eigenvalue weighted by Gasteiger charge is 2.25. The summed E-state index contributed by atoms with van der Waals surface area (Å²) in [5.74, 6) is 0.0339. The Morgan fingerprint density at radius 2 is 2.11 bits per heavy atom. The molecule has 150 valence electrons. The van der Waals surface area contributed by atoms with E-state index in [1.165, 1.54) is 11.3 Å². The van der Waals surface area contributed by atoms with Crippen molar-refractivity contribution >= 4 is 5.91 Å². The number of amides is 1. The van der Waals surface area contributed by atoms with Crippen molar-refractivity contribution in [2.75, 3.05) is 32.8 Å². The molecule has 7 heteroatoms. The molecule has 2 aliphatic rings. The van der Waals surface area contributed by atoms with E-state index in [-0.39, 0.29) is 5.91 Å². The molecule has 2 aromatic rings. The monoisotopic (exact) mass is 383 g/mol. The summed E-state index contributed by atoms with van der Waals surface area (Å²) in [5.41, 5.74) is 5.16. The van der Waals surface area contributed by atoms with E-state index in [0.29, 0.717) is 12.3 Å². The van der Waals surface area contributed by atoms with Crippen LogP contribution >= 0.6 is 0 Å². The predicted octanol–water partition coefficient (Wildman–Crippen LogP) is 2.03. The summed E-state index contributed by atoms with van der Waals surface area (Å²) in [6, 6.07) is 5.62. The van der Waals surface area contributed by atoms with Crippen molar-refractivity contribution in [2.24, 2.45) is 0 Å². The summed E-state index contributed by atoms with van der Waals surface area (Å²) < 4.78 is 7.81. The molecule has 1 fully saturated rings. The smallest absolute Gasteiger partial charge is 0.272 e. The van der Waals surface area contributed by atoms with Gasteiger partial charge < -0.3 is 9.64 Å². The molecule has 1 amide bonds. The van der Waals surface area contributed by atoms with Crippen molar-refractivity contribution in [3.05, 3.63) is 46.5 Å². The van der Waals surface area contributed by atoms with E-state index in [4.69, 9.17) is 9.84 Å². The standard InChI is InChI=1S/C21H29N5O2/c1-3-26-20-8-13-28-15-17(20)19(23-26)14-24-9-5-10-25(12-11-24)21(27)18-7-4-6-16(2)22-18/h4,6-7H,3,5,8-15H2,1-2H3. The van der Waals surface area contributed by atoms with Crippen LogP contribution in [0.5, 0.6) is 0 Å². The fourth-order valence-electron chi connectivity index (χ4n) is 4.14. The number of pyridine rings is 1. The molecule has 28 heavy (non-hydrogen) atoms. The zero-order chi connectivity index (χ0) is 19.5. The molecule has 0 bridgehead atoms. The number of aryl methyl sites for hydroxylation is 2. The van der Waals surface area contributed by atoms with Crippen LogP contribution in [0, 0.1) is 6.92 Å². The normalized spacial score (nSPS) is 18.0. The van der Waals surface area contributed by atoms with Gasteiger partial charge in [0.2, 0.25) is 0 Å². The van der Waals surface area contributed by atoms with Crippen molar-refractivity contribution in [3.8, 4) is 0 Å². The van der Waals surface area contributed by atoms with Gasteiger partial charge in [0, 0.05) is 62.6 Å². The third-order valence-electron chi connectivity index (χ3n) is 5.64. The van der Waals surface area contributed by atoms with Crippen molar-refractivity contribution in [1.29, 1.82) is 0 Å². The molecule has 4 rings (SSSR count). The highest BCUT2D eigenvalue weighted by atomic mass is 16.5. The van der Waals surface area contributed by atoms with E-state index in [1.54, 1.807) is 0 Å². The van der Waals surface area contributed by atoms with E-state index < -0.39 is 0 Å². The summed E-state index contributed by atoms with van der Waals surface area (Å²) in [4.78, 5) is 21.6. The second-order valence-electron chi connectivity index (χ2n) is 7.58. The van der Waals surface area contributed by atoms with Crippen LogP contribution in [0.3, 0.4) is 0 Å². The average molecular weight is 383 g/mol. The Hall–Kier alpha value is -2.25. The van der Waals surface area contributed by atoms with Gasteiger partial charge in [0.05, 0.1) is 18.9 Å². The molecular weight excluding hydrogens is 354 g/mol. The number of nitrogens with zero attached hydrogens (tertiary/aromatic N) is 5. The highest BCUT2D eigenvalue weighted by molar-refractivity contribution is 5.92. The first-order valence-electron chi connectivity index (χ1n) is 10.3. The molecule has 0 unspecified atom stereocenters. The van der Waals surface area contributed by atoms with E-state index in [2.05, 4.69) is 21.5 Å². The lowest BCUT2D eigenvalue weighted by atomic mass is 10.1. The SMILES string of the molecule is CCn1nc(CN2CCCN(C(=O)c3cccc(C)n3)CC2)c2c1CCOC2. The van der Waals surface area contributed by atoms with Crippen LogP contribution < -0.4 is 0 Å². The van der Waals surface area contributed by atoms with Crippen LogP contribution in [0.4, 0.5) is 0 Å². The first-order chi connectivity index (χ1) is 13.7. The second-order valence-corrected chi connectivity index (χ2v) is 7.58. The fraction of sp³-hybridized carbons (Fsp3) is 0.571. The number of aromatic nitrogens is 3. The molecule has 7 nitrogen and oxygen atoms in total. The van der Waals surface area contributed by atoms with Gasteiger partial charge in [-0.25, -0.2) is 4.98 Å². The molecule has 2 aliphatic heterocycles. The maximum absolute atomic E-state index is 12.8. The van der Waals surface area contributed by atoms with Crippen LogP contribution in [0.25, 0.3) is 0 Å². The summed E-state index contributed by atoms with van der Waals surface area (Å²) in [6.07, 6.45) is 1.91. The van der Waals surface area contributed by atoms with Gasteiger partial charge in [0.1, 0.15) is 5.69 Å². The first-order valence-corrected chi connectivity index (χ1v) is 10.3. The molecule has 0 spiro atoms. The third-order valence-corrected chi connectivity index (χ3v) is 5.64. The van der Waals surface area contributed by atoms with Crippen LogP contribution in [0.15, 0.2) is 18.2 Å². The highest BCUT2D eigenvalue weighted by Crippen LogP contribution is 2.22. The van der Waals surface area contributed by atoms with Gasteiger partial charge in [-0.15, -0.1) is 0 Å². The van der Waals surface area contributed by atoms with Crippen molar-refractivity contribution in [2.45, 2.75) is 46.4 Å². The minimum absolute atomic E-state index is 0.0339. The van der Waals surface area contributed by atoms with Gasteiger partial charge in [-0.3, -0.25) is 14.4 Å². The van der Waals surface area contributed by atoms with Crippen LogP contribution in [0.2, 0.25) is 0 Å². The van der Waals surface area contributed by atoms with Crippen molar-refractivity contribution < 1.29 is 9.53 Å². The van der Waals surface area contributed by atoms with Crippen LogP contribution in [-0.2, 0) is 30.9 Å². The van der Waals surface area contributed by atoms with E-state index in [1.807, 2.05) is 30.0 Å². The molecular formula is C21H29N5O2. The Balaban J connectivity index is 1.42. The van der Waals surface area contributed by atoms with Gasteiger partial charge >= 0.3 is 0 Å². The predicted molar refractivity (Wildman–Crippen MR) is 106 cm³/mol. The van der Waals surface area contributed by atoms with E-state index >= 15 is 0 Å². The Morgan fingerprint density at radius 1 is 1.21 bits per heavy atom. The van der Waals surface area contributed by atoms with Crippen molar-refractivity contribution in [1.82, 2.24) is 24.6 Å². The summed E-state index contributed by atoms with van der Waals surface area (Å²) in [5, 5.41) is 4.85. The Kier molecular flexibility index (Phi) is 5.73. The number of rotatable bonds is 4. The zero-order valence-corrected chi connectivity index (χ0v) is 16.9. The lowest BCUT2D eigenvalue weighted by molar-refractivity contribution is 0.0755. The first kappa shape index (κ1) is 19.1. The van der Waals surface area contributed by atoms with Gasteiger partial charge in [-0.05, 0) is 32.4 Å². The number of hydrogen-bond donors (Lipinski definition) is 0. The Labute approximate surface area is 166 Å². The molecule has 0 radical (unpaired) electrons. The molecule has 4 heterocycles. The maximum atomic E-state index is 12.8. The second kappa shape index (κ2) is 8.41. The minimum atomic E-state index is 0.0339. The van der Waals surface area contributed by atoms with E-state index in [9.17, 15) is 4.79 Å². The molecule has 0 aliphatic carbocycles. The van der Waals surface area contributed by atoms with Gasteiger partial charge in [0.25, 0.3) is 5.91 Å².